The number of benzene rings is 2. The lowest BCUT2D eigenvalue weighted by Gasteiger charge is -2.21. The molecule has 0 aliphatic heterocycles. The normalized spacial score (nSPS) is 12.0. The van der Waals surface area contributed by atoms with E-state index in [2.05, 4.69) is 5.32 Å². The van der Waals surface area contributed by atoms with Crippen molar-refractivity contribution in [3.05, 3.63) is 100 Å². The first-order valence-corrected chi connectivity index (χ1v) is 9.43. The number of nitrogens with zero attached hydrogens (tertiary/aromatic N) is 2. The van der Waals surface area contributed by atoms with Crippen LogP contribution in [0, 0.1) is 5.82 Å². The fourth-order valence-electron chi connectivity index (χ4n) is 3.06. The van der Waals surface area contributed by atoms with E-state index in [1.54, 1.807) is 18.3 Å². The van der Waals surface area contributed by atoms with Gasteiger partial charge in [-0.15, -0.1) is 0 Å². The van der Waals surface area contributed by atoms with E-state index in [1.807, 2.05) is 49.3 Å². The first-order valence-electron chi connectivity index (χ1n) is 9.43. The minimum Gasteiger partial charge on any atom is -0.345 e. The van der Waals surface area contributed by atoms with E-state index in [4.69, 9.17) is 0 Å². The zero-order valence-corrected chi connectivity index (χ0v) is 16.5. The van der Waals surface area contributed by atoms with Gasteiger partial charge in [-0.2, -0.15) is 0 Å². The summed E-state index contributed by atoms with van der Waals surface area (Å²) in [7, 11) is 3.92. The smallest absolute Gasteiger partial charge is 0.255 e. The van der Waals surface area contributed by atoms with Crippen LogP contribution in [0.3, 0.4) is 0 Å². The minimum atomic E-state index is -0.318. The molecular formula is C23H24FN3O2. The molecule has 5 nitrogen and oxygen atoms in total. The molecule has 3 aromatic rings. The molecule has 3 rings (SSSR count). The molecule has 2 aromatic carbocycles. The second kappa shape index (κ2) is 9.30. The van der Waals surface area contributed by atoms with Crippen LogP contribution >= 0.6 is 0 Å². The van der Waals surface area contributed by atoms with Crippen molar-refractivity contribution in [1.82, 2.24) is 14.8 Å². The fraction of sp³-hybridized carbons (Fsp3) is 0.217. The third kappa shape index (κ3) is 5.39. The molecule has 1 amide bonds. The number of halogens is 1. The lowest BCUT2D eigenvalue weighted by atomic mass is 10.0. The number of carbonyl (C=O) groups excluding carboxylic acids is 1. The number of carbonyl (C=O) groups is 1. The highest BCUT2D eigenvalue weighted by Gasteiger charge is 2.17. The second-order valence-electron chi connectivity index (χ2n) is 7.13. The summed E-state index contributed by atoms with van der Waals surface area (Å²) in [5.74, 6) is -0.607. The summed E-state index contributed by atoms with van der Waals surface area (Å²) >= 11 is 0. The monoisotopic (exact) mass is 393 g/mol. The third-order valence-corrected chi connectivity index (χ3v) is 4.65. The Bertz CT molecular complexity index is 1010. The van der Waals surface area contributed by atoms with Crippen molar-refractivity contribution in [1.29, 1.82) is 0 Å². The summed E-state index contributed by atoms with van der Waals surface area (Å²) in [6, 6.07) is 17.9. The molecule has 0 spiro atoms. The largest absolute Gasteiger partial charge is 0.345 e. The van der Waals surface area contributed by atoms with Crippen molar-refractivity contribution in [2.45, 2.75) is 12.5 Å². The van der Waals surface area contributed by atoms with Crippen molar-refractivity contribution in [3.63, 3.8) is 0 Å². The number of para-hydroxylation sites is 1. The van der Waals surface area contributed by atoms with E-state index in [9.17, 15) is 14.0 Å². The van der Waals surface area contributed by atoms with Crippen LogP contribution in [0.4, 0.5) is 4.39 Å². The Labute approximate surface area is 169 Å². The maximum absolute atomic E-state index is 13.3. The molecule has 0 bridgehead atoms. The molecule has 1 aromatic heterocycles. The lowest BCUT2D eigenvalue weighted by Crippen LogP contribution is -2.32. The number of aromatic nitrogens is 1. The van der Waals surface area contributed by atoms with Crippen LogP contribution in [0.25, 0.3) is 5.69 Å². The Morgan fingerprint density at radius 2 is 1.72 bits per heavy atom. The second-order valence-corrected chi connectivity index (χ2v) is 7.13. The summed E-state index contributed by atoms with van der Waals surface area (Å²) in [4.78, 5) is 27.2. The van der Waals surface area contributed by atoms with Gasteiger partial charge in [0.05, 0.1) is 11.6 Å². The molecule has 0 aliphatic carbocycles. The van der Waals surface area contributed by atoms with Crippen molar-refractivity contribution in [3.8, 4) is 5.69 Å². The SMILES string of the molecule is CN(C)CCC(NC(=O)c1ccc(=O)n(-c2ccccc2)c1)c1ccc(F)cc1. The zero-order chi connectivity index (χ0) is 20.8. The first-order chi connectivity index (χ1) is 13.9. The van der Waals surface area contributed by atoms with E-state index in [-0.39, 0.29) is 23.3 Å². The van der Waals surface area contributed by atoms with Gasteiger partial charge in [0.15, 0.2) is 0 Å². The highest BCUT2D eigenvalue weighted by molar-refractivity contribution is 5.94. The van der Waals surface area contributed by atoms with Crippen LogP contribution in [0.2, 0.25) is 0 Å². The Morgan fingerprint density at radius 3 is 2.38 bits per heavy atom. The predicted molar refractivity (Wildman–Crippen MR) is 112 cm³/mol. The number of rotatable bonds is 7. The molecular weight excluding hydrogens is 369 g/mol. The van der Waals surface area contributed by atoms with Crippen molar-refractivity contribution < 1.29 is 9.18 Å². The predicted octanol–water partition coefficient (Wildman–Crippen LogP) is 3.40. The highest BCUT2D eigenvalue weighted by Crippen LogP contribution is 2.18. The number of amides is 1. The Balaban J connectivity index is 1.85. The molecule has 6 heteroatoms. The Kier molecular flexibility index (Phi) is 6.57. The van der Waals surface area contributed by atoms with Crippen molar-refractivity contribution >= 4 is 5.91 Å². The van der Waals surface area contributed by atoms with Crippen LogP contribution in [-0.4, -0.2) is 36.0 Å². The van der Waals surface area contributed by atoms with Gasteiger partial charge in [-0.05, 0) is 63.0 Å². The van der Waals surface area contributed by atoms with Gasteiger partial charge in [-0.1, -0.05) is 30.3 Å². The molecule has 150 valence electrons. The Morgan fingerprint density at radius 1 is 1.03 bits per heavy atom. The van der Waals surface area contributed by atoms with Gasteiger partial charge in [0.25, 0.3) is 11.5 Å². The van der Waals surface area contributed by atoms with Gasteiger partial charge >= 0.3 is 0 Å². The molecule has 0 saturated carbocycles. The maximum atomic E-state index is 13.3. The fourth-order valence-corrected chi connectivity index (χ4v) is 3.06. The van der Waals surface area contributed by atoms with Gasteiger partial charge in [-0.3, -0.25) is 14.2 Å². The Hall–Kier alpha value is -3.25. The van der Waals surface area contributed by atoms with E-state index < -0.39 is 0 Å². The summed E-state index contributed by atoms with van der Waals surface area (Å²) in [5.41, 5.74) is 1.69. The molecule has 0 radical (unpaired) electrons. The van der Waals surface area contributed by atoms with Crippen LogP contribution < -0.4 is 10.9 Å². The van der Waals surface area contributed by atoms with E-state index in [0.29, 0.717) is 17.7 Å². The molecule has 0 fully saturated rings. The van der Waals surface area contributed by atoms with Gasteiger partial charge in [-0.25, -0.2) is 4.39 Å². The molecule has 1 heterocycles. The van der Waals surface area contributed by atoms with Crippen LogP contribution in [0.15, 0.2) is 77.7 Å². The third-order valence-electron chi connectivity index (χ3n) is 4.65. The van der Waals surface area contributed by atoms with E-state index in [0.717, 1.165) is 12.1 Å². The van der Waals surface area contributed by atoms with Crippen LogP contribution in [0.5, 0.6) is 0 Å². The summed E-state index contributed by atoms with van der Waals surface area (Å²) in [5, 5.41) is 3.02. The molecule has 1 atom stereocenters. The van der Waals surface area contributed by atoms with Gasteiger partial charge < -0.3 is 10.2 Å². The first kappa shape index (κ1) is 20.5. The average Bonchev–Trinajstić information content (AvgIpc) is 2.72. The average molecular weight is 393 g/mol. The van der Waals surface area contributed by atoms with E-state index >= 15 is 0 Å². The molecule has 0 saturated heterocycles. The molecule has 29 heavy (non-hydrogen) atoms. The molecule has 1 unspecified atom stereocenters. The van der Waals surface area contributed by atoms with Gasteiger partial charge in [0.1, 0.15) is 5.82 Å². The van der Waals surface area contributed by atoms with Gasteiger partial charge in [0, 0.05) is 18.0 Å². The maximum Gasteiger partial charge on any atom is 0.255 e. The van der Waals surface area contributed by atoms with Gasteiger partial charge in [0.2, 0.25) is 0 Å². The lowest BCUT2D eigenvalue weighted by molar-refractivity contribution is 0.0932. The number of hydrogen-bond acceptors (Lipinski definition) is 3. The molecule has 1 N–H and O–H groups in total. The number of pyridine rings is 1. The van der Waals surface area contributed by atoms with Crippen LogP contribution in [-0.2, 0) is 0 Å². The summed E-state index contributed by atoms with van der Waals surface area (Å²) in [6.07, 6.45) is 2.21. The topological polar surface area (TPSA) is 54.3 Å². The zero-order valence-electron chi connectivity index (χ0n) is 16.5. The summed E-state index contributed by atoms with van der Waals surface area (Å²) < 4.78 is 14.8. The minimum absolute atomic E-state index is 0.213. The van der Waals surface area contributed by atoms with Crippen molar-refractivity contribution in [2.24, 2.45) is 0 Å². The molecule has 0 aliphatic rings. The van der Waals surface area contributed by atoms with E-state index in [1.165, 1.54) is 28.8 Å². The highest BCUT2D eigenvalue weighted by atomic mass is 19.1. The van der Waals surface area contributed by atoms with Crippen molar-refractivity contribution in [2.75, 3.05) is 20.6 Å². The number of hydrogen-bond donors (Lipinski definition) is 1. The standard InChI is InChI=1S/C23H24FN3O2/c1-26(2)15-14-21(17-8-11-19(24)12-9-17)25-23(29)18-10-13-22(28)27(16-18)20-6-4-3-5-7-20/h3-13,16,21H,14-15H2,1-2H3,(H,25,29). The quantitative estimate of drug-likeness (QED) is 0.669. The summed E-state index contributed by atoms with van der Waals surface area (Å²) in [6.45, 7) is 0.756. The van der Waals surface area contributed by atoms with Crippen LogP contribution in [0.1, 0.15) is 28.4 Å². The number of nitrogens with one attached hydrogen (secondary N) is 1.